The summed E-state index contributed by atoms with van der Waals surface area (Å²) in [5, 5.41) is 11.8. The Bertz CT molecular complexity index is 1160. The molecular formula is C26H31N5O2. The summed E-state index contributed by atoms with van der Waals surface area (Å²) in [6.45, 7) is 3.43. The molecule has 2 aliphatic rings. The SMILES string of the molecule is O=C(NC1CCC(c2n[nH]c(=O)c3ccccc23)CC1)c1ccc(CCN2CCCC2)nc1. The number of aromatic nitrogens is 3. The summed E-state index contributed by atoms with van der Waals surface area (Å²) in [7, 11) is 0. The van der Waals surface area contributed by atoms with E-state index < -0.39 is 0 Å². The fourth-order valence-electron chi connectivity index (χ4n) is 5.21. The number of aromatic amines is 1. The first-order valence-electron chi connectivity index (χ1n) is 12.1. The largest absolute Gasteiger partial charge is 0.349 e. The van der Waals surface area contributed by atoms with E-state index in [1.54, 1.807) is 6.20 Å². The number of hydrogen-bond acceptors (Lipinski definition) is 5. The lowest BCUT2D eigenvalue weighted by Crippen LogP contribution is -2.37. The van der Waals surface area contributed by atoms with Crippen molar-refractivity contribution < 1.29 is 4.79 Å². The van der Waals surface area contributed by atoms with Gasteiger partial charge in [0.05, 0.1) is 16.6 Å². The molecule has 7 heteroatoms. The normalized spacial score (nSPS) is 21.3. The highest BCUT2D eigenvalue weighted by atomic mass is 16.1. The van der Waals surface area contributed by atoms with Crippen LogP contribution >= 0.6 is 0 Å². The summed E-state index contributed by atoms with van der Waals surface area (Å²) in [6, 6.07) is 11.7. The first-order chi connectivity index (χ1) is 16.2. The van der Waals surface area contributed by atoms with E-state index in [0.717, 1.165) is 55.4 Å². The van der Waals surface area contributed by atoms with E-state index in [0.29, 0.717) is 10.9 Å². The number of rotatable bonds is 6. The van der Waals surface area contributed by atoms with Crippen molar-refractivity contribution in [1.29, 1.82) is 0 Å². The molecule has 1 saturated heterocycles. The molecule has 2 aromatic heterocycles. The first-order valence-corrected chi connectivity index (χ1v) is 12.1. The second-order valence-corrected chi connectivity index (χ2v) is 9.34. The third-order valence-corrected chi connectivity index (χ3v) is 7.14. The lowest BCUT2D eigenvalue weighted by molar-refractivity contribution is 0.0925. The Morgan fingerprint density at radius 2 is 1.79 bits per heavy atom. The number of hydrogen-bond donors (Lipinski definition) is 2. The van der Waals surface area contributed by atoms with Gasteiger partial charge in [-0.25, -0.2) is 5.10 Å². The van der Waals surface area contributed by atoms with Crippen LogP contribution in [-0.4, -0.2) is 51.7 Å². The van der Waals surface area contributed by atoms with Gasteiger partial charge in [0.15, 0.2) is 0 Å². The van der Waals surface area contributed by atoms with E-state index in [9.17, 15) is 9.59 Å². The molecule has 0 spiro atoms. The highest BCUT2D eigenvalue weighted by Gasteiger charge is 2.26. The number of likely N-dealkylation sites (tertiary alicyclic amines) is 1. The number of benzene rings is 1. The number of H-pyrrole nitrogens is 1. The van der Waals surface area contributed by atoms with Gasteiger partial charge in [0.25, 0.3) is 11.5 Å². The molecule has 0 atom stereocenters. The number of carbonyl (C=O) groups is 1. The Hall–Kier alpha value is -3.06. The van der Waals surface area contributed by atoms with Gasteiger partial charge < -0.3 is 10.2 Å². The lowest BCUT2D eigenvalue weighted by atomic mass is 9.82. The maximum atomic E-state index is 12.7. The van der Waals surface area contributed by atoms with Crippen molar-refractivity contribution in [1.82, 2.24) is 25.4 Å². The zero-order valence-corrected chi connectivity index (χ0v) is 18.9. The van der Waals surface area contributed by atoms with Gasteiger partial charge in [-0.15, -0.1) is 0 Å². The molecule has 2 N–H and O–H groups in total. The Morgan fingerprint density at radius 3 is 2.52 bits per heavy atom. The van der Waals surface area contributed by atoms with E-state index in [4.69, 9.17) is 0 Å². The van der Waals surface area contributed by atoms with Crippen molar-refractivity contribution in [3.63, 3.8) is 0 Å². The Balaban J connectivity index is 1.15. The highest BCUT2D eigenvalue weighted by molar-refractivity contribution is 5.94. The maximum absolute atomic E-state index is 12.7. The van der Waals surface area contributed by atoms with Crippen molar-refractivity contribution in [2.45, 2.75) is 56.9 Å². The zero-order chi connectivity index (χ0) is 22.6. The Morgan fingerprint density at radius 1 is 1.03 bits per heavy atom. The molecule has 1 amide bonds. The van der Waals surface area contributed by atoms with Crippen molar-refractivity contribution in [2.24, 2.45) is 0 Å². The number of amides is 1. The van der Waals surface area contributed by atoms with Gasteiger partial charge in [0.2, 0.25) is 0 Å². The van der Waals surface area contributed by atoms with Gasteiger partial charge in [-0.05, 0) is 69.8 Å². The van der Waals surface area contributed by atoms with Gasteiger partial charge in [-0.2, -0.15) is 5.10 Å². The molecule has 0 bridgehead atoms. The van der Waals surface area contributed by atoms with Crippen molar-refractivity contribution in [3.8, 4) is 0 Å². The van der Waals surface area contributed by atoms with E-state index in [2.05, 4.69) is 25.4 Å². The number of carbonyl (C=O) groups excluding carboxylic acids is 1. The lowest BCUT2D eigenvalue weighted by Gasteiger charge is -2.29. The second-order valence-electron chi connectivity index (χ2n) is 9.34. The molecule has 3 aromatic rings. The van der Waals surface area contributed by atoms with Crippen LogP contribution in [0, 0.1) is 0 Å². The van der Waals surface area contributed by atoms with Crippen LogP contribution < -0.4 is 10.9 Å². The molecule has 2 fully saturated rings. The minimum Gasteiger partial charge on any atom is -0.349 e. The first kappa shape index (κ1) is 21.8. The highest BCUT2D eigenvalue weighted by Crippen LogP contribution is 2.34. The van der Waals surface area contributed by atoms with E-state index in [1.165, 1.54) is 25.9 Å². The van der Waals surface area contributed by atoms with Gasteiger partial charge >= 0.3 is 0 Å². The van der Waals surface area contributed by atoms with E-state index >= 15 is 0 Å². The van der Waals surface area contributed by atoms with Crippen LogP contribution in [0.15, 0.2) is 47.4 Å². The van der Waals surface area contributed by atoms with Crippen LogP contribution in [0.1, 0.15) is 66.2 Å². The third kappa shape index (κ3) is 4.98. The average molecular weight is 446 g/mol. The molecule has 0 unspecified atom stereocenters. The summed E-state index contributed by atoms with van der Waals surface area (Å²) in [5.74, 6) is 0.237. The summed E-state index contributed by atoms with van der Waals surface area (Å²) in [6.07, 6.45) is 8.89. The summed E-state index contributed by atoms with van der Waals surface area (Å²) < 4.78 is 0. The molecule has 1 saturated carbocycles. The van der Waals surface area contributed by atoms with Crippen molar-refractivity contribution >= 4 is 16.7 Å². The van der Waals surface area contributed by atoms with Crippen LogP contribution in [0.25, 0.3) is 10.8 Å². The second kappa shape index (κ2) is 9.83. The van der Waals surface area contributed by atoms with Crippen LogP contribution in [0.3, 0.4) is 0 Å². The molecule has 1 aromatic carbocycles. The molecule has 1 aliphatic carbocycles. The van der Waals surface area contributed by atoms with E-state index in [1.807, 2.05) is 36.4 Å². The van der Waals surface area contributed by atoms with Crippen molar-refractivity contribution in [2.75, 3.05) is 19.6 Å². The summed E-state index contributed by atoms with van der Waals surface area (Å²) in [4.78, 5) is 31.8. The van der Waals surface area contributed by atoms with Crippen LogP contribution in [0.2, 0.25) is 0 Å². The summed E-state index contributed by atoms with van der Waals surface area (Å²) in [5.41, 5.74) is 2.48. The Labute approximate surface area is 193 Å². The van der Waals surface area contributed by atoms with Gasteiger partial charge in [0.1, 0.15) is 0 Å². The van der Waals surface area contributed by atoms with Crippen LogP contribution in [0.5, 0.6) is 0 Å². The molecule has 1 aliphatic heterocycles. The molecule has 5 rings (SSSR count). The predicted octanol–water partition coefficient (Wildman–Crippen LogP) is 3.41. The van der Waals surface area contributed by atoms with Gasteiger partial charge in [-0.1, -0.05) is 18.2 Å². The Kier molecular flexibility index (Phi) is 6.48. The molecule has 33 heavy (non-hydrogen) atoms. The summed E-state index contributed by atoms with van der Waals surface area (Å²) >= 11 is 0. The molecule has 172 valence electrons. The standard InChI is InChI=1S/C26H31N5O2/c32-25(19-9-10-20(27-17-19)13-16-31-14-3-4-15-31)28-21-11-7-18(8-12-21)24-22-5-1-2-6-23(22)26(33)30-29-24/h1-2,5-6,9-10,17-18,21H,3-4,7-8,11-16H2,(H,28,32)(H,30,33). The van der Waals surface area contributed by atoms with E-state index in [-0.39, 0.29) is 23.4 Å². The average Bonchev–Trinajstić information content (AvgIpc) is 3.38. The van der Waals surface area contributed by atoms with Gasteiger partial charge in [-0.3, -0.25) is 14.6 Å². The topological polar surface area (TPSA) is 91.0 Å². The third-order valence-electron chi connectivity index (χ3n) is 7.14. The number of pyridine rings is 1. The fraction of sp³-hybridized carbons (Fsp3) is 0.462. The number of fused-ring (bicyclic) bond motifs is 1. The van der Waals surface area contributed by atoms with Crippen molar-refractivity contribution in [3.05, 3.63) is 69.9 Å². The number of nitrogens with zero attached hydrogens (tertiary/aromatic N) is 3. The predicted molar refractivity (Wildman–Crippen MR) is 128 cm³/mol. The fourth-order valence-corrected chi connectivity index (χ4v) is 5.21. The van der Waals surface area contributed by atoms with Crippen LogP contribution in [0.4, 0.5) is 0 Å². The van der Waals surface area contributed by atoms with Gasteiger partial charge in [0, 0.05) is 42.2 Å². The quantitative estimate of drug-likeness (QED) is 0.607. The molecule has 7 nitrogen and oxygen atoms in total. The zero-order valence-electron chi connectivity index (χ0n) is 18.9. The minimum absolute atomic E-state index is 0.0512. The van der Waals surface area contributed by atoms with Crippen LogP contribution in [-0.2, 0) is 6.42 Å². The molecule has 3 heterocycles. The number of nitrogens with one attached hydrogen (secondary N) is 2. The minimum atomic E-state index is -0.147. The smallest absolute Gasteiger partial charge is 0.272 e. The molecular weight excluding hydrogens is 414 g/mol. The molecule has 0 radical (unpaired) electrons. The maximum Gasteiger partial charge on any atom is 0.272 e. The monoisotopic (exact) mass is 445 g/mol.